The zero-order chi connectivity index (χ0) is 17.5. The number of methoxy groups -OCH3 is 1. The number of nitrogens with one attached hydrogen (secondary N) is 2. The van der Waals surface area contributed by atoms with Gasteiger partial charge in [0.15, 0.2) is 5.13 Å². The van der Waals surface area contributed by atoms with Crippen molar-refractivity contribution in [3.8, 4) is 0 Å². The molecule has 0 atom stereocenters. The first-order chi connectivity index (χ1) is 12.2. The maximum absolute atomic E-state index is 12.9. The number of carbonyl (C=O) groups excluding carboxylic acids is 1. The average molecular weight is 364 g/mol. The number of likely N-dealkylation sites (tertiary alicyclic amines) is 1. The molecule has 1 aliphatic heterocycles. The van der Waals surface area contributed by atoms with Crippen LogP contribution in [0.4, 0.5) is 5.13 Å². The van der Waals surface area contributed by atoms with Crippen molar-refractivity contribution in [1.29, 1.82) is 0 Å². The van der Waals surface area contributed by atoms with Crippen LogP contribution in [0.2, 0.25) is 0 Å². The van der Waals surface area contributed by atoms with E-state index >= 15 is 0 Å². The van der Waals surface area contributed by atoms with Crippen LogP contribution < -0.4 is 10.6 Å². The van der Waals surface area contributed by atoms with E-state index in [1.165, 1.54) is 11.3 Å². The van der Waals surface area contributed by atoms with Crippen molar-refractivity contribution < 1.29 is 13.9 Å². The number of thiazole rings is 1. The maximum Gasteiger partial charge on any atom is 0.245 e. The Hall–Kier alpha value is -1.90. The number of piperidine rings is 1. The molecule has 2 aromatic rings. The summed E-state index contributed by atoms with van der Waals surface area (Å²) in [6.07, 6.45) is 4.87. The summed E-state index contributed by atoms with van der Waals surface area (Å²) < 4.78 is 10.5. The first-order valence-electron chi connectivity index (χ1n) is 8.41. The number of hydrogen-bond donors (Lipinski definition) is 2. The summed E-state index contributed by atoms with van der Waals surface area (Å²) in [5.41, 5.74) is -0.634. The number of furan rings is 1. The Bertz CT molecular complexity index is 637. The number of carbonyl (C=O) groups is 1. The lowest BCUT2D eigenvalue weighted by Gasteiger charge is -2.40. The van der Waals surface area contributed by atoms with Gasteiger partial charge >= 0.3 is 0 Å². The van der Waals surface area contributed by atoms with Gasteiger partial charge in [-0.25, -0.2) is 4.98 Å². The van der Waals surface area contributed by atoms with Crippen molar-refractivity contribution in [2.45, 2.75) is 24.9 Å². The predicted molar refractivity (Wildman–Crippen MR) is 96.6 cm³/mol. The number of ether oxygens (including phenoxy) is 1. The van der Waals surface area contributed by atoms with E-state index < -0.39 is 5.54 Å². The highest BCUT2D eigenvalue weighted by Gasteiger charge is 2.41. The van der Waals surface area contributed by atoms with Crippen LogP contribution in [0, 0.1) is 0 Å². The number of anilines is 1. The topological polar surface area (TPSA) is 79.6 Å². The summed E-state index contributed by atoms with van der Waals surface area (Å²) >= 11 is 1.51. The Kier molecular flexibility index (Phi) is 6.06. The molecule has 0 radical (unpaired) electrons. The third kappa shape index (κ3) is 4.59. The van der Waals surface area contributed by atoms with Gasteiger partial charge in [0.05, 0.1) is 19.4 Å². The molecule has 0 aromatic carbocycles. The third-order valence-electron chi connectivity index (χ3n) is 4.47. The molecule has 25 heavy (non-hydrogen) atoms. The van der Waals surface area contributed by atoms with Crippen LogP contribution in [-0.4, -0.2) is 54.7 Å². The van der Waals surface area contributed by atoms with Crippen molar-refractivity contribution in [1.82, 2.24) is 15.2 Å². The standard InChI is InChI=1S/C17H24N4O3S/c1-23-11-6-18-15(22)17(20-16-19-7-12-25-16)4-8-21(9-5-17)13-14-3-2-10-24-14/h2-3,7,10,12H,4-6,8-9,11,13H2,1H3,(H,18,22)(H,19,20). The molecule has 8 heteroatoms. The first-order valence-corrected chi connectivity index (χ1v) is 9.29. The molecule has 1 amide bonds. The minimum atomic E-state index is -0.634. The van der Waals surface area contributed by atoms with Gasteiger partial charge in [0.1, 0.15) is 11.3 Å². The highest BCUT2D eigenvalue weighted by atomic mass is 32.1. The summed E-state index contributed by atoms with van der Waals surface area (Å²) in [6.45, 7) is 3.41. The van der Waals surface area contributed by atoms with E-state index in [1.807, 2.05) is 17.5 Å². The number of rotatable bonds is 8. The average Bonchev–Trinajstić information content (AvgIpc) is 3.31. The van der Waals surface area contributed by atoms with E-state index in [1.54, 1.807) is 19.6 Å². The van der Waals surface area contributed by atoms with Crippen LogP contribution in [-0.2, 0) is 16.1 Å². The molecule has 0 spiro atoms. The fourth-order valence-corrected chi connectivity index (χ4v) is 3.68. The van der Waals surface area contributed by atoms with Gasteiger partial charge < -0.3 is 19.8 Å². The molecule has 1 fully saturated rings. The van der Waals surface area contributed by atoms with Crippen molar-refractivity contribution in [2.75, 3.05) is 38.7 Å². The van der Waals surface area contributed by atoms with E-state index in [2.05, 4.69) is 20.5 Å². The lowest BCUT2D eigenvalue weighted by molar-refractivity contribution is -0.127. The summed E-state index contributed by atoms with van der Waals surface area (Å²) in [7, 11) is 1.63. The molecule has 3 rings (SSSR count). The highest BCUT2D eigenvalue weighted by Crippen LogP contribution is 2.29. The lowest BCUT2D eigenvalue weighted by atomic mass is 9.86. The van der Waals surface area contributed by atoms with Crippen LogP contribution in [0.25, 0.3) is 0 Å². The summed E-state index contributed by atoms with van der Waals surface area (Å²) in [4.78, 5) is 19.5. The quantitative estimate of drug-likeness (QED) is 0.697. The van der Waals surface area contributed by atoms with Crippen LogP contribution >= 0.6 is 11.3 Å². The number of amides is 1. The Morgan fingerprint density at radius 2 is 2.32 bits per heavy atom. The largest absolute Gasteiger partial charge is 0.468 e. The predicted octanol–water partition coefficient (Wildman–Crippen LogP) is 1.95. The molecule has 2 N–H and O–H groups in total. The maximum atomic E-state index is 12.9. The molecule has 3 heterocycles. The van der Waals surface area contributed by atoms with E-state index in [-0.39, 0.29) is 5.91 Å². The molecule has 0 saturated carbocycles. The molecule has 136 valence electrons. The molecule has 7 nitrogen and oxygen atoms in total. The monoisotopic (exact) mass is 364 g/mol. The van der Waals surface area contributed by atoms with Crippen molar-refractivity contribution >= 4 is 22.4 Å². The normalized spacial score (nSPS) is 17.3. The highest BCUT2D eigenvalue weighted by molar-refractivity contribution is 7.13. The van der Waals surface area contributed by atoms with Crippen molar-refractivity contribution in [3.63, 3.8) is 0 Å². The zero-order valence-electron chi connectivity index (χ0n) is 14.4. The third-order valence-corrected chi connectivity index (χ3v) is 5.16. The first kappa shape index (κ1) is 17.9. The molecule has 2 aromatic heterocycles. The zero-order valence-corrected chi connectivity index (χ0v) is 15.2. The molecular weight excluding hydrogens is 340 g/mol. The fourth-order valence-electron chi connectivity index (χ4n) is 3.05. The SMILES string of the molecule is COCCNC(=O)C1(Nc2nccs2)CCN(Cc2ccco2)CC1. The van der Waals surface area contributed by atoms with Gasteiger partial charge in [0, 0.05) is 38.3 Å². The number of hydrogen-bond acceptors (Lipinski definition) is 7. The van der Waals surface area contributed by atoms with Gasteiger partial charge in [-0.3, -0.25) is 9.69 Å². The second-order valence-electron chi connectivity index (χ2n) is 6.15. The van der Waals surface area contributed by atoms with Crippen molar-refractivity contribution in [3.05, 3.63) is 35.7 Å². The summed E-state index contributed by atoms with van der Waals surface area (Å²) in [5, 5.41) is 9.05. The Morgan fingerprint density at radius 3 is 2.96 bits per heavy atom. The van der Waals surface area contributed by atoms with E-state index in [4.69, 9.17) is 9.15 Å². The lowest BCUT2D eigenvalue weighted by Crippen LogP contribution is -2.58. The summed E-state index contributed by atoms with van der Waals surface area (Å²) in [6, 6.07) is 3.88. The van der Waals surface area contributed by atoms with Gasteiger partial charge in [-0.1, -0.05) is 0 Å². The van der Waals surface area contributed by atoms with Crippen LogP contribution in [0.3, 0.4) is 0 Å². The summed E-state index contributed by atoms with van der Waals surface area (Å²) in [5.74, 6) is 0.960. The number of aromatic nitrogens is 1. The minimum absolute atomic E-state index is 0.0115. The van der Waals surface area contributed by atoms with Crippen LogP contribution in [0.1, 0.15) is 18.6 Å². The van der Waals surface area contributed by atoms with E-state index in [0.717, 1.165) is 30.5 Å². The van der Waals surface area contributed by atoms with Crippen molar-refractivity contribution in [2.24, 2.45) is 0 Å². The van der Waals surface area contributed by atoms with Crippen LogP contribution in [0.15, 0.2) is 34.4 Å². The molecule has 0 bridgehead atoms. The number of nitrogens with zero attached hydrogens (tertiary/aromatic N) is 2. The Balaban J connectivity index is 1.64. The van der Waals surface area contributed by atoms with E-state index in [9.17, 15) is 4.79 Å². The second kappa shape index (κ2) is 8.46. The second-order valence-corrected chi connectivity index (χ2v) is 7.04. The van der Waals surface area contributed by atoms with Gasteiger partial charge in [-0.15, -0.1) is 11.3 Å². The minimum Gasteiger partial charge on any atom is -0.468 e. The molecule has 0 aliphatic carbocycles. The Morgan fingerprint density at radius 1 is 1.48 bits per heavy atom. The Labute approximate surface area is 151 Å². The smallest absolute Gasteiger partial charge is 0.245 e. The van der Waals surface area contributed by atoms with Gasteiger partial charge in [-0.2, -0.15) is 0 Å². The molecule has 1 saturated heterocycles. The molecule has 1 aliphatic rings. The van der Waals surface area contributed by atoms with E-state index in [0.29, 0.717) is 26.0 Å². The van der Waals surface area contributed by atoms with Gasteiger partial charge in [-0.05, 0) is 25.0 Å². The van der Waals surface area contributed by atoms with Crippen LogP contribution in [0.5, 0.6) is 0 Å². The van der Waals surface area contributed by atoms with Gasteiger partial charge in [0.25, 0.3) is 0 Å². The molecular formula is C17H24N4O3S. The van der Waals surface area contributed by atoms with Gasteiger partial charge in [0.2, 0.25) is 5.91 Å². The fraction of sp³-hybridized carbons (Fsp3) is 0.529. The molecule has 0 unspecified atom stereocenters.